The van der Waals surface area contributed by atoms with Gasteiger partial charge in [-0.3, -0.25) is 4.79 Å². The van der Waals surface area contributed by atoms with Crippen molar-refractivity contribution in [2.45, 2.75) is 45.6 Å². The van der Waals surface area contributed by atoms with Crippen molar-refractivity contribution < 1.29 is 9.53 Å². The number of carbonyl (C=O) groups excluding carboxylic acids is 1. The van der Waals surface area contributed by atoms with Gasteiger partial charge in [0.15, 0.2) is 0 Å². The van der Waals surface area contributed by atoms with Gasteiger partial charge in [0.05, 0.1) is 6.61 Å². The number of carbonyl (C=O) groups is 1. The van der Waals surface area contributed by atoms with Gasteiger partial charge < -0.3 is 10.1 Å². The van der Waals surface area contributed by atoms with Crippen molar-refractivity contribution >= 4 is 5.97 Å². The third kappa shape index (κ3) is 2.98. The first-order valence-corrected chi connectivity index (χ1v) is 5.69. The standard InChI is InChI=1S/C11H21NO2/c1-3-12-10(11(13)14-4-2)9-7-5-6-8-9/h9-10,12H,3-8H2,1-2H3. The van der Waals surface area contributed by atoms with Crippen LogP contribution in [0.4, 0.5) is 0 Å². The molecule has 1 aliphatic rings. The number of likely N-dealkylation sites (N-methyl/N-ethyl adjacent to an activating group) is 1. The molecule has 0 heterocycles. The van der Waals surface area contributed by atoms with Crippen molar-refractivity contribution in [3.63, 3.8) is 0 Å². The van der Waals surface area contributed by atoms with Crippen LogP contribution in [0.1, 0.15) is 39.5 Å². The summed E-state index contributed by atoms with van der Waals surface area (Å²) < 4.78 is 5.07. The Balaban J connectivity index is 2.48. The maximum atomic E-state index is 11.6. The molecule has 3 nitrogen and oxygen atoms in total. The minimum absolute atomic E-state index is 0.0672. The van der Waals surface area contributed by atoms with Crippen molar-refractivity contribution in [1.82, 2.24) is 5.32 Å². The van der Waals surface area contributed by atoms with Crippen LogP contribution in [0.2, 0.25) is 0 Å². The summed E-state index contributed by atoms with van der Waals surface area (Å²) >= 11 is 0. The SMILES string of the molecule is CCNC(C(=O)OCC)C1CCCC1. The summed E-state index contributed by atoms with van der Waals surface area (Å²) in [6, 6.07) is -0.0672. The summed E-state index contributed by atoms with van der Waals surface area (Å²) in [5.41, 5.74) is 0. The maximum Gasteiger partial charge on any atom is 0.323 e. The lowest BCUT2D eigenvalue weighted by Gasteiger charge is -2.21. The zero-order chi connectivity index (χ0) is 10.4. The van der Waals surface area contributed by atoms with Gasteiger partial charge in [0, 0.05) is 0 Å². The highest BCUT2D eigenvalue weighted by molar-refractivity contribution is 5.76. The van der Waals surface area contributed by atoms with Gasteiger partial charge in [-0.1, -0.05) is 19.8 Å². The Morgan fingerprint density at radius 1 is 1.43 bits per heavy atom. The van der Waals surface area contributed by atoms with E-state index < -0.39 is 0 Å². The lowest BCUT2D eigenvalue weighted by molar-refractivity contribution is -0.147. The molecule has 1 rings (SSSR count). The Kier molecular flexibility index (Phi) is 4.94. The van der Waals surface area contributed by atoms with Crippen LogP contribution >= 0.6 is 0 Å². The van der Waals surface area contributed by atoms with Crippen molar-refractivity contribution in [1.29, 1.82) is 0 Å². The Bertz CT molecular complexity index is 176. The molecule has 1 fully saturated rings. The quantitative estimate of drug-likeness (QED) is 0.685. The van der Waals surface area contributed by atoms with E-state index in [-0.39, 0.29) is 12.0 Å². The number of esters is 1. The highest BCUT2D eigenvalue weighted by Crippen LogP contribution is 2.28. The zero-order valence-electron chi connectivity index (χ0n) is 9.21. The second kappa shape index (κ2) is 6.02. The van der Waals surface area contributed by atoms with E-state index in [1.54, 1.807) is 0 Å². The molecule has 82 valence electrons. The molecule has 1 aliphatic carbocycles. The second-order valence-electron chi connectivity index (χ2n) is 3.83. The Morgan fingerprint density at radius 3 is 2.57 bits per heavy atom. The Hall–Kier alpha value is -0.570. The van der Waals surface area contributed by atoms with Crippen LogP contribution in [0.15, 0.2) is 0 Å². The molecule has 1 atom stereocenters. The molecule has 0 spiro atoms. The van der Waals surface area contributed by atoms with Gasteiger partial charge in [0.1, 0.15) is 6.04 Å². The highest BCUT2D eigenvalue weighted by Gasteiger charge is 2.30. The average Bonchev–Trinajstić information content (AvgIpc) is 2.67. The summed E-state index contributed by atoms with van der Waals surface area (Å²) in [6.45, 7) is 5.20. The molecular weight excluding hydrogens is 178 g/mol. The van der Waals surface area contributed by atoms with E-state index >= 15 is 0 Å². The van der Waals surface area contributed by atoms with E-state index in [1.165, 1.54) is 12.8 Å². The normalized spacial score (nSPS) is 19.6. The van der Waals surface area contributed by atoms with Crippen LogP contribution in [0.5, 0.6) is 0 Å². The van der Waals surface area contributed by atoms with Crippen LogP contribution < -0.4 is 5.32 Å². The summed E-state index contributed by atoms with van der Waals surface area (Å²) in [6.07, 6.45) is 4.84. The van der Waals surface area contributed by atoms with Gasteiger partial charge in [-0.05, 0) is 32.2 Å². The molecule has 0 saturated heterocycles. The van der Waals surface area contributed by atoms with Gasteiger partial charge in [0.2, 0.25) is 0 Å². The zero-order valence-corrected chi connectivity index (χ0v) is 9.21. The fraction of sp³-hybridized carbons (Fsp3) is 0.909. The smallest absolute Gasteiger partial charge is 0.323 e. The lowest BCUT2D eigenvalue weighted by atomic mass is 9.98. The molecule has 0 radical (unpaired) electrons. The van der Waals surface area contributed by atoms with Crippen LogP contribution in [0, 0.1) is 5.92 Å². The van der Waals surface area contributed by atoms with E-state index in [0.29, 0.717) is 12.5 Å². The molecule has 0 aromatic heterocycles. The number of nitrogens with one attached hydrogen (secondary N) is 1. The highest BCUT2D eigenvalue weighted by atomic mass is 16.5. The third-order valence-electron chi connectivity index (χ3n) is 2.84. The first-order valence-electron chi connectivity index (χ1n) is 5.69. The fourth-order valence-electron chi connectivity index (χ4n) is 2.19. The van der Waals surface area contributed by atoms with Crippen molar-refractivity contribution in [3.05, 3.63) is 0 Å². The first-order chi connectivity index (χ1) is 6.79. The molecule has 0 aromatic rings. The number of rotatable bonds is 5. The minimum atomic E-state index is -0.0683. The summed E-state index contributed by atoms with van der Waals surface area (Å²) in [4.78, 5) is 11.6. The molecular formula is C11H21NO2. The molecule has 1 saturated carbocycles. The molecule has 1 N–H and O–H groups in total. The molecule has 0 aliphatic heterocycles. The van der Waals surface area contributed by atoms with Crippen LogP contribution in [0.3, 0.4) is 0 Å². The van der Waals surface area contributed by atoms with Gasteiger partial charge in [0.25, 0.3) is 0 Å². The Morgan fingerprint density at radius 2 is 2.07 bits per heavy atom. The van der Waals surface area contributed by atoms with Crippen molar-refractivity contribution in [2.75, 3.05) is 13.2 Å². The van der Waals surface area contributed by atoms with E-state index in [1.807, 2.05) is 13.8 Å². The monoisotopic (exact) mass is 199 g/mol. The number of ether oxygens (including phenoxy) is 1. The summed E-state index contributed by atoms with van der Waals surface area (Å²) in [7, 11) is 0. The van der Waals surface area contributed by atoms with Gasteiger partial charge in [-0.2, -0.15) is 0 Å². The van der Waals surface area contributed by atoms with Crippen LogP contribution in [0.25, 0.3) is 0 Å². The second-order valence-corrected chi connectivity index (χ2v) is 3.83. The van der Waals surface area contributed by atoms with Crippen molar-refractivity contribution in [3.8, 4) is 0 Å². The third-order valence-corrected chi connectivity index (χ3v) is 2.84. The van der Waals surface area contributed by atoms with Gasteiger partial charge >= 0.3 is 5.97 Å². The minimum Gasteiger partial charge on any atom is -0.465 e. The summed E-state index contributed by atoms with van der Waals surface area (Å²) in [5, 5.41) is 3.23. The molecule has 14 heavy (non-hydrogen) atoms. The molecule has 3 heteroatoms. The molecule has 0 amide bonds. The van der Waals surface area contributed by atoms with Crippen LogP contribution in [-0.2, 0) is 9.53 Å². The predicted molar refractivity (Wildman–Crippen MR) is 56.1 cm³/mol. The van der Waals surface area contributed by atoms with E-state index in [2.05, 4.69) is 5.32 Å². The van der Waals surface area contributed by atoms with E-state index in [0.717, 1.165) is 19.4 Å². The van der Waals surface area contributed by atoms with E-state index in [4.69, 9.17) is 4.74 Å². The van der Waals surface area contributed by atoms with Gasteiger partial charge in [-0.15, -0.1) is 0 Å². The first kappa shape index (κ1) is 11.5. The molecule has 0 aromatic carbocycles. The topological polar surface area (TPSA) is 38.3 Å². The molecule has 0 bridgehead atoms. The van der Waals surface area contributed by atoms with Gasteiger partial charge in [-0.25, -0.2) is 0 Å². The van der Waals surface area contributed by atoms with Crippen molar-refractivity contribution in [2.24, 2.45) is 5.92 Å². The fourth-order valence-corrected chi connectivity index (χ4v) is 2.19. The maximum absolute atomic E-state index is 11.6. The van der Waals surface area contributed by atoms with Crippen LogP contribution in [-0.4, -0.2) is 25.2 Å². The predicted octanol–water partition coefficient (Wildman–Crippen LogP) is 1.72. The number of hydrogen-bond donors (Lipinski definition) is 1. The summed E-state index contributed by atoms with van der Waals surface area (Å²) in [5.74, 6) is 0.426. The Labute approximate surface area is 86.2 Å². The number of hydrogen-bond acceptors (Lipinski definition) is 3. The largest absolute Gasteiger partial charge is 0.465 e. The van der Waals surface area contributed by atoms with E-state index in [9.17, 15) is 4.79 Å². The average molecular weight is 199 g/mol. The molecule has 1 unspecified atom stereocenters. The lowest BCUT2D eigenvalue weighted by Crippen LogP contribution is -2.43.